The number of hydrogen-bond donors (Lipinski definition) is 0. The molecule has 1 heterocycles. The highest BCUT2D eigenvalue weighted by atomic mass is 14.7. The summed E-state index contributed by atoms with van der Waals surface area (Å²) in [6.45, 7) is 9.44. The highest BCUT2D eigenvalue weighted by Gasteiger charge is 2.41. The van der Waals surface area contributed by atoms with Crippen molar-refractivity contribution in [2.75, 3.05) is 0 Å². The van der Waals surface area contributed by atoms with E-state index in [4.69, 9.17) is 0 Å². The second kappa shape index (κ2) is 6.53. The molecule has 0 bridgehead atoms. The number of pyridine rings is 1. The van der Waals surface area contributed by atoms with Gasteiger partial charge in [0.25, 0.3) is 0 Å². The van der Waals surface area contributed by atoms with Crippen LogP contribution in [0.25, 0.3) is 32.8 Å². The van der Waals surface area contributed by atoms with Gasteiger partial charge in [-0.2, -0.15) is 0 Å². The van der Waals surface area contributed by atoms with Crippen molar-refractivity contribution in [3.8, 4) is 11.3 Å². The molecule has 0 spiro atoms. The van der Waals surface area contributed by atoms with E-state index in [0.717, 1.165) is 0 Å². The van der Waals surface area contributed by atoms with Gasteiger partial charge in [-0.15, -0.1) is 0 Å². The maximum atomic E-state index is 3.57. The molecule has 0 fully saturated rings. The van der Waals surface area contributed by atoms with Gasteiger partial charge >= 0.3 is 0 Å². The number of aromatic nitrogens is 1. The fourth-order valence-electron chi connectivity index (χ4n) is 5.84. The predicted molar refractivity (Wildman–Crippen MR) is 134 cm³/mol. The van der Waals surface area contributed by atoms with Crippen LogP contribution in [0.1, 0.15) is 49.9 Å². The molecule has 0 saturated carbocycles. The van der Waals surface area contributed by atoms with Gasteiger partial charge in [0.1, 0.15) is 0 Å². The first kappa shape index (κ1) is 19.3. The van der Waals surface area contributed by atoms with Crippen molar-refractivity contribution < 1.29 is 4.98 Å². The van der Waals surface area contributed by atoms with Crippen molar-refractivity contribution in [3.05, 3.63) is 113 Å². The molecule has 0 radical (unpaired) electrons. The molecule has 0 saturated heterocycles. The molecule has 32 heavy (non-hydrogen) atoms. The van der Waals surface area contributed by atoms with Crippen LogP contribution in [0.3, 0.4) is 0 Å². The summed E-state index contributed by atoms with van der Waals surface area (Å²) < 4.78 is 0. The molecule has 1 N–H and O–H groups in total. The summed E-state index contributed by atoms with van der Waals surface area (Å²) in [6.07, 6.45) is 2.08. The van der Waals surface area contributed by atoms with Gasteiger partial charge in [-0.25, -0.2) is 4.98 Å². The van der Waals surface area contributed by atoms with Crippen molar-refractivity contribution in [3.63, 3.8) is 0 Å². The van der Waals surface area contributed by atoms with Crippen molar-refractivity contribution >= 4 is 21.5 Å². The molecule has 5 aromatic rings. The van der Waals surface area contributed by atoms with Gasteiger partial charge in [-0.3, -0.25) is 0 Å². The van der Waals surface area contributed by atoms with E-state index < -0.39 is 0 Å². The molecule has 0 atom stereocenters. The Morgan fingerprint density at radius 1 is 0.531 bits per heavy atom. The van der Waals surface area contributed by atoms with Crippen LogP contribution in [-0.4, -0.2) is 0 Å². The minimum atomic E-state index is -0.0469. The number of nitrogens with one attached hydrogen (secondary N) is 1. The lowest BCUT2D eigenvalue weighted by molar-refractivity contribution is -0.362. The third-order valence-corrected chi connectivity index (χ3v) is 7.65. The summed E-state index contributed by atoms with van der Waals surface area (Å²) >= 11 is 0. The second-order valence-corrected chi connectivity index (χ2v) is 10.2. The van der Waals surface area contributed by atoms with E-state index in [1.54, 1.807) is 0 Å². The summed E-state index contributed by atoms with van der Waals surface area (Å²) in [7, 11) is 0. The fourth-order valence-corrected chi connectivity index (χ4v) is 5.84. The molecule has 0 amide bonds. The first-order valence-electron chi connectivity index (χ1n) is 11.5. The van der Waals surface area contributed by atoms with E-state index in [-0.39, 0.29) is 10.8 Å². The van der Waals surface area contributed by atoms with Gasteiger partial charge in [0, 0.05) is 27.8 Å². The molecule has 0 aliphatic heterocycles. The zero-order valence-electron chi connectivity index (χ0n) is 19.2. The van der Waals surface area contributed by atoms with Crippen LogP contribution < -0.4 is 4.98 Å². The first-order valence-corrected chi connectivity index (χ1v) is 11.5. The van der Waals surface area contributed by atoms with Crippen LogP contribution in [0.15, 0.2) is 91.1 Å². The Morgan fingerprint density at radius 2 is 1.19 bits per heavy atom. The molecule has 1 aliphatic carbocycles. The zero-order chi connectivity index (χ0) is 22.1. The van der Waals surface area contributed by atoms with Gasteiger partial charge in [0.15, 0.2) is 6.20 Å². The average Bonchev–Trinajstić information content (AvgIpc) is 2.82. The largest absolute Gasteiger partial charge is 0.218 e. The SMILES string of the molecule is CC1(C)c2ccccc2C(C)(C)c2cc(-c3[nH+]ccc4c3ccc3ccccc34)ccc21. The summed E-state index contributed by atoms with van der Waals surface area (Å²) in [5.41, 5.74) is 8.08. The van der Waals surface area contributed by atoms with Gasteiger partial charge in [0.2, 0.25) is 5.69 Å². The summed E-state index contributed by atoms with van der Waals surface area (Å²) in [5.74, 6) is 0. The number of hydrogen-bond acceptors (Lipinski definition) is 0. The van der Waals surface area contributed by atoms with Crippen molar-refractivity contribution in [1.82, 2.24) is 0 Å². The van der Waals surface area contributed by atoms with Gasteiger partial charge in [0.05, 0.1) is 5.39 Å². The van der Waals surface area contributed by atoms with Crippen LogP contribution in [0.4, 0.5) is 0 Å². The van der Waals surface area contributed by atoms with Crippen molar-refractivity contribution in [2.45, 2.75) is 38.5 Å². The van der Waals surface area contributed by atoms with E-state index in [1.165, 1.54) is 55.1 Å². The third-order valence-electron chi connectivity index (χ3n) is 7.65. The quantitative estimate of drug-likeness (QED) is 0.253. The molecule has 1 heteroatoms. The Morgan fingerprint density at radius 3 is 1.97 bits per heavy atom. The average molecular weight is 415 g/mol. The minimum absolute atomic E-state index is 0.0152. The molecular weight excluding hydrogens is 386 g/mol. The maximum absolute atomic E-state index is 3.57. The van der Waals surface area contributed by atoms with E-state index in [1.807, 2.05) is 0 Å². The summed E-state index contributed by atoms with van der Waals surface area (Å²) in [5, 5.41) is 5.13. The Bertz CT molecular complexity index is 1520. The van der Waals surface area contributed by atoms with Gasteiger partial charge in [-0.05, 0) is 51.2 Å². The van der Waals surface area contributed by atoms with Gasteiger partial charge in [-0.1, -0.05) is 88.4 Å². The molecule has 156 valence electrons. The van der Waals surface area contributed by atoms with Crippen LogP contribution >= 0.6 is 0 Å². The lowest BCUT2D eigenvalue weighted by Gasteiger charge is -2.44. The lowest BCUT2D eigenvalue weighted by Crippen LogP contribution is -2.36. The molecule has 4 aromatic carbocycles. The Balaban J connectivity index is 1.61. The molecule has 1 aliphatic rings. The minimum Gasteiger partial charge on any atom is -0.211 e. The van der Waals surface area contributed by atoms with E-state index in [9.17, 15) is 0 Å². The van der Waals surface area contributed by atoms with Gasteiger partial charge < -0.3 is 0 Å². The number of aromatic amines is 1. The monoisotopic (exact) mass is 414 g/mol. The number of benzene rings is 4. The first-order chi connectivity index (χ1) is 15.4. The Kier molecular flexibility index (Phi) is 3.93. The Hall–Kier alpha value is -3.45. The van der Waals surface area contributed by atoms with Crippen LogP contribution in [0, 0.1) is 0 Å². The normalized spacial score (nSPS) is 16.0. The lowest BCUT2D eigenvalue weighted by atomic mass is 9.60. The molecule has 1 aromatic heterocycles. The predicted octanol–water partition coefficient (Wildman–Crippen LogP) is 7.44. The number of rotatable bonds is 1. The maximum Gasteiger partial charge on any atom is 0.218 e. The molecule has 1 nitrogen and oxygen atoms in total. The number of fused-ring (bicyclic) bond motifs is 5. The van der Waals surface area contributed by atoms with E-state index in [0.29, 0.717) is 0 Å². The topological polar surface area (TPSA) is 14.1 Å². The molecule has 6 rings (SSSR count). The second-order valence-electron chi connectivity index (χ2n) is 10.2. The summed E-state index contributed by atoms with van der Waals surface area (Å²) in [6, 6.07) is 31.4. The third kappa shape index (κ3) is 2.54. The highest BCUT2D eigenvalue weighted by molar-refractivity contribution is 6.10. The van der Waals surface area contributed by atoms with E-state index >= 15 is 0 Å². The molecule has 0 unspecified atom stereocenters. The smallest absolute Gasteiger partial charge is 0.211 e. The van der Waals surface area contributed by atoms with Crippen molar-refractivity contribution in [2.24, 2.45) is 0 Å². The Labute approximate surface area is 189 Å². The number of H-pyrrole nitrogens is 1. The van der Waals surface area contributed by atoms with Crippen LogP contribution in [-0.2, 0) is 10.8 Å². The summed E-state index contributed by atoms with van der Waals surface area (Å²) in [4.78, 5) is 3.57. The van der Waals surface area contributed by atoms with E-state index in [2.05, 4.69) is 124 Å². The fraction of sp³-hybridized carbons (Fsp3) is 0.194. The van der Waals surface area contributed by atoms with Crippen LogP contribution in [0.2, 0.25) is 0 Å². The molecular formula is C31H28N+. The zero-order valence-corrected chi connectivity index (χ0v) is 19.2. The van der Waals surface area contributed by atoms with Crippen molar-refractivity contribution in [1.29, 1.82) is 0 Å². The van der Waals surface area contributed by atoms with Crippen LogP contribution in [0.5, 0.6) is 0 Å². The highest BCUT2D eigenvalue weighted by Crippen LogP contribution is 2.50. The standard InChI is InChI=1S/C31H27N/c1-30(2)25-11-7-8-12-26(25)31(3,4)28-19-21(14-16-27(28)30)29-24-15-13-20-9-5-6-10-22(20)23(24)17-18-32-29/h5-19H,1-4H3/p+1.